The van der Waals surface area contributed by atoms with Crippen molar-refractivity contribution >= 4 is 28.1 Å². The molecule has 0 bridgehead atoms. The zero-order valence-electron chi connectivity index (χ0n) is 13.7. The summed E-state index contributed by atoms with van der Waals surface area (Å²) in [6.07, 6.45) is 0. The van der Waals surface area contributed by atoms with E-state index in [0.717, 1.165) is 29.2 Å². The predicted octanol–water partition coefficient (Wildman–Crippen LogP) is 2.30. The molecule has 0 aliphatic carbocycles. The van der Waals surface area contributed by atoms with Gasteiger partial charge in [-0.15, -0.1) is 11.3 Å². The largest absolute Gasteiger partial charge is 0.379 e. The van der Waals surface area contributed by atoms with Gasteiger partial charge in [0.25, 0.3) is 5.69 Å². The number of nitro groups is 1. The Morgan fingerprint density at radius 1 is 1.36 bits per heavy atom. The monoisotopic (exact) mass is 362 g/mol. The van der Waals surface area contributed by atoms with E-state index in [1.165, 1.54) is 23.5 Å². The lowest BCUT2D eigenvalue weighted by molar-refractivity contribution is -0.384. The van der Waals surface area contributed by atoms with Gasteiger partial charge in [-0.2, -0.15) is 0 Å². The fraction of sp³-hybridized carbons (Fsp3) is 0.375. The molecule has 0 atom stereocenters. The van der Waals surface area contributed by atoms with Gasteiger partial charge in [0.05, 0.1) is 30.4 Å². The molecule has 0 spiro atoms. The van der Waals surface area contributed by atoms with Crippen molar-refractivity contribution in [2.45, 2.75) is 6.92 Å². The highest BCUT2D eigenvalue weighted by Crippen LogP contribution is 2.31. The van der Waals surface area contributed by atoms with Gasteiger partial charge in [0.15, 0.2) is 5.13 Å². The molecule has 2 aromatic rings. The number of hydrogen-bond acceptors (Lipinski definition) is 7. The van der Waals surface area contributed by atoms with Gasteiger partial charge in [-0.05, 0) is 19.1 Å². The standard InChI is InChI=1S/C16H18N4O4S/c1-11-15(12-2-4-13(5-3-12)20(22)23)18-16(25-11)17-14(21)10-19-6-8-24-9-7-19/h2-5H,6-10H2,1H3,(H,17,18,21). The van der Waals surface area contributed by atoms with Crippen molar-refractivity contribution in [1.29, 1.82) is 0 Å². The van der Waals surface area contributed by atoms with E-state index in [1.54, 1.807) is 12.1 Å². The third-order valence-electron chi connectivity index (χ3n) is 3.87. The zero-order chi connectivity index (χ0) is 17.8. The number of rotatable bonds is 5. The number of carbonyl (C=O) groups is 1. The molecule has 1 amide bonds. The van der Waals surface area contributed by atoms with E-state index in [4.69, 9.17) is 4.74 Å². The number of anilines is 1. The highest BCUT2D eigenvalue weighted by Gasteiger charge is 2.17. The summed E-state index contributed by atoms with van der Waals surface area (Å²) in [5.74, 6) is -0.106. The van der Waals surface area contributed by atoms with Crippen LogP contribution in [-0.2, 0) is 9.53 Å². The third kappa shape index (κ3) is 4.38. The second kappa shape index (κ2) is 7.68. The molecule has 2 heterocycles. The van der Waals surface area contributed by atoms with Gasteiger partial charge in [0.2, 0.25) is 5.91 Å². The molecule has 3 rings (SSSR count). The van der Waals surface area contributed by atoms with Crippen molar-refractivity contribution in [2.24, 2.45) is 0 Å². The summed E-state index contributed by atoms with van der Waals surface area (Å²) < 4.78 is 5.26. The van der Waals surface area contributed by atoms with E-state index in [9.17, 15) is 14.9 Å². The van der Waals surface area contributed by atoms with E-state index in [-0.39, 0.29) is 11.6 Å². The van der Waals surface area contributed by atoms with E-state index >= 15 is 0 Å². The molecule has 1 N–H and O–H groups in total. The van der Waals surface area contributed by atoms with Gasteiger partial charge in [-0.1, -0.05) is 0 Å². The lowest BCUT2D eigenvalue weighted by Crippen LogP contribution is -2.41. The van der Waals surface area contributed by atoms with Crippen LogP contribution in [0.3, 0.4) is 0 Å². The number of carbonyl (C=O) groups excluding carboxylic acids is 1. The number of hydrogen-bond donors (Lipinski definition) is 1. The Labute approximate surface area is 148 Å². The first-order valence-corrected chi connectivity index (χ1v) is 8.67. The molecule has 1 aliphatic heterocycles. The Hall–Kier alpha value is -2.36. The molecule has 1 aliphatic rings. The number of benzene rings is 1. The number of aromatic nitrogens is 1. The van der Waals surface area contributed by atoms with Crippen molar-refractivity contribution in [3.05, 3.63) is 39.3 Å². The van der Waals surface area contributed by atoms with Crippen LogP contribution in [0.25, 0.3) is 11.3 Å². The van der Waals surface area contributed by atoms with Crippen LogP contribution in [0.15, 0.2) is 24.3 Å². The summed E-state index contributed by atoms with van der Waals surface area (Å²) >= 11 is 1.39. The van der Waals surface area contributed by atoms with E-state index < -0.39 is 4.92 Å². The average Bonchev–Trinajstić information content (AvgIpc) is 2.96. The maximum atomic E-state index is 12.2. The number of aryl methyl sites for hydroxylation is 1. The molecular weight excluding hydrogens is 344 g/mol. The number of nitrogens with zero attached hydrogens (tertiary/aromatic N) is 3. The fourth-order valence-electron chi connectivity index (χ4n) is 2.58. The first-order chi connectivity index (χ1) is 12.0. The molecule has 0 unspecified atom stereocenters. The average molecular weight is 362 g/mol. The van der Waals surface area contributed by atoms with Gasteiger partial charge in [0, 0.05) is 35.7 Å². The highest BCUT2D eigenvalue weighted by atomic mass is 32.1. The van der Waals surface area contributed by atoms with Crippen LogP contribution < -0.4 is 5.32 Å². The summed E-state index contributed by atoms with van der Waals surface area (Å²) in [5.41, 5.74) is 1.55. The van der Waals surface area contributed by atoms with Crippen molar-refractivity contribution in [3.63, 3.8) is 0 Å². The molecule has 8 nitrogen and oxygen atoms in total. The number of morpholine rings is 1. The lowest BCUT2D eigenvalue weighted by Gasteiger charge is -2.25. The first-order valence-electron chi connectivity index (χ1n) is 7.85. The van der Waals surface area contributed by atoms with Gasteiger partial charge in [-0.3, -0.25) is 19.8 Å². The maximum absolute atomic E-state index is 12.2. The van der Waals surface area contributed by atoms with Crippen LogP contribution in [0.2, 0.25) is 0 Å². The van der Waals surface area contributed by atoms with Crippen molar-refractivity contribution in [2.75, 3.05) is 38.2 Å². The Bertz CT molecular complexity index is 769. The summed E-state index contributed by atoms with van der Waals surface area (Å²) in [7, 11) is 0. The minimum Gasteiger partial charge on any atom is -0.379 e. The number of non-ortho nitro benzene ring substituents is 1. The second-order valence-electron chi connectivity index (χ2n) is 5.66. The number of thiazole rings is 1. The predicted molar refractivity (Wildman–Crippen MR) is 94.8 cm³/mol. The minimum absolute atomic E-state index is 0.0377. The number of nitro benzene ring substituents is 1. The smallest absolute Gasteiger partial charge is 0.269 e. The molecule has 25 heavy (non-hydrogen) atoms. The Balaban J connectivity index is 1.67. The summed E-state index contributed by atoms with van der Waals surface area (Å²) in [5, 5.41) is 14.1. The summed E-state index contributed by atoms with van der Waals surface area (Å²) in [4.78, 5) is 29.9. The highest BCUT2D eigenvalue weighted by molar-refractivity contribution is 7.16. The minimum atomic E-state index is -0.436. The van der Waals surface area contributed by atoms with E-state index in [0.29, 0.717) is 24.9 Å². The van der Waals surface area contributed by atoms with Crippen molar-refractivity contribution in [1.82, 2.24) is 9.88 Å². The van der Waals surface area contributed by atoms with Gasteiger partial charge >= 0.3 is 0 Å². The quantitative estimate of drug-likeness (QED) is 0.647. The number of nitrogens with one attached hydrogen (secondary N) is 1. The van der Waals surface area contributed by atoms with Gasteiger partial charge in [0.1, 0.15) is 0 Å². The molecule has 1 aromatic carbocycles. The molecule has 0 radical (unpaired) electrons. The maximum Gasteiger partial charge on any atom is 0.269 e. The van der Waals surface area contributed by atoms with E-state index in [2.05, 4.69) is 10.3 Å². The Kier molecular flexibility index (Phi) is 5.37. The van der Waals surface area contributed by atoms with Gasteiger partial charge in [-0.25, -0.2) is 4.98 Å². The van der Waals surface area contributed by atoms with E-state index in [1.807, 2.05) is 11.8 Å². The topological polar surface area (TPSA) is 97.6 Å². The SMILES string of the molecule is Cc1sc(NC(=O)CN2CCOCC2)nc1-c1ccc([N+](=O)[O-])cc1. The van der Waals surface area contributed by atoms with Crippen LogP contribution >= 0.6 is 11.3 Å². The van der Waals surface area contributed by atoms with Crippen molar-refractivity contribution in [3.8, 4) is 11.3 Å². The molecule has 1 aromatic heterocycles. The Morgan fingerprint density at radius 2 is 2.04 bits per heavy atom. The van der Waals surface area contributed by atoms with Crippen LogP contribution in [0.5, 0.6) is 0 Å². The molecular formula is C16H18N4O4S. The first kappa shape index (κ1) is 17.5. The lowest BCUT2D eigenvalue weighted by atomic mass is 10.1. The molecule has 132 valence electrons. The van der Waals surface area contributed by atoms with Crippen LogP contribution in [0.1, 0.15) is 4.88 Å². The number of ether oxygens (including phenoxy) is 1. The second-order valence-corrected chi connectivity index (χ2v) is 6.87. The normalized spacial score (nSPS) is 15.1. The fourth-order valence-corrected chi connectivity index (χ4v) is 3.43. The summed E-state index contributed by atoms with van der Waals surface area (Å²) in [6.45, 7) is 5.01. The zero-order valence-corrected chi connectivity index (χ0v) is 14.5. The van der Waals surface area contributed by atoms with Crippen LogP contribution in [0, 0.1) is 17.0 Å². The Morgan fingerprint density at radius 3 is 2.68 bits per heavy atom. The van der Waals surface area contributed by atoms with Crippen LogP contribution in [0.4, 0.5) is 10.8 Å². The number of amides is 1. The molecule has 1 saturated heterocycles. The summed E-state index contributed by atoms with van der Waals surface area (Å²) in [6, 6.07) is 6.23. The van der Waals surface area contributed by atoms with Crippen molar-refractivity contribution < 1.29 is 14.5 Å². The van der Waals surface area contributed by atoms with Gasteiger partial charge < -0.3 is 10.1 Å². The third-order valence-corrected chi connectivity index (χ3v) is 4.75. The molecule has 0 saturated carbocycles. The molecule has 9 heteroatoms. The van der Waals surface area contributed by atoms with Crippen LogP contribution in [-0.4, -0.2) is 53.6 Å². The molecule has 1 fully saturated rings.